The average molecular weight is 295 g/mol. The molecule has 2 rings (SSSR count). The van der Waals surface area contributed by atoms with Crippen LogP contribution in [0.2, 0.25) is 0 Å². The lowest BCUT2D eigenvalue weighted by Gasteiger charge is -2.15. The Morgan fingerprint density at radius 3 is 2.90 bits per heavy atom. The SMILES string of the molecule is CN(Cc1cscn1)C(=O)c1cc(F)ccc1[N+](=O)[O-]. The van der Waals surface area contributed by atoms with Crippen LogP contribution in [0, 0.1) is 15.9 Å². The van der Waals surface area contributed by atoms with Gasteiger partial charge in [-0.05, 0) is 12.1 Å². The van der Waals surface area contributed by atoms with Crippen LogP contribution in [0.1, 0.15) is 16.1 Å². The topological polar surface area (TPSA) is 76.3 Å². The van der Waals surface area contributed by atoms with Crippen LogP contribution in [-0.2, 0) is 6.54 Å². The maximum absolute atomic E-state index is 13.2. The van der Waals surface area contributed by atoms with Crippen LogP contribution in [0.3, 0.4) is 0 Å². The Balaban J connectivity index is 2.28. The predicted octanol–water partition coefficient (Wildman–Crippen LogP) is 2.46. The van der Waals surface area contributed by atoms with Crippen molar-refractivity contribution < 1.29 is 14.1 Å². The minimum absolute atomic E-state index is 0.204. The minimum atomic E-state index is -0.705. The normalized spacial score (nSPS) is 10.3. The fourth-order valence-electron chi connectivity index (χ4n) is 1.67. The van der Waals surface area contributed by atoms with Crippen molar-refractivity contribution in [2.45, 2.75) is 6.54 Å². The van der Waals surface area contributed by atoms with Crippen molar-refractivity contribution >= 4 is 22.9 Å². The number of nitrogens with zero attached hydrogens (tertiary/aromatic N) is 3. The summed E-state index contributed by atoms with van der Waals surface area (Å²) in [4.78, 5) is 27.6. The highest BCUT2D eigenvalue weighted by atomic mass is 32.1. The predicted molar refractivity (Wildman–Crippen MR) is 71.0 cm³/mol. The Kier molecular flexibility index (Phi) is 4.04. The third-order valence-corrected chi connectivity index (χ3v) is 3.25. The number of carbonyl (C=O) groups is 1. The van der Waals surface area contributed by atoms with E-state index in [9.17, 15) is 19.3 Å². The lowest BCUT2D eigenvalue weighted by molar-refractivity contribution is -0.385. The molecule has 0 radical (unpaired) electrons. The summed E-state index contributed by atoms with van der Waals surface area (Å²) in [6.45, 7) is 0.204. The van der Waals surface area contributed by atoms with Crippen LogP contribution in [0.15, 0.2) is 29.1 Å². The maximum atomic E-state index is 13.2. The molecule has 1 amide bonds. The van der Waals surface area contributed by atoms with E-state index in [-0.39, 0.29) is 12.1 Å². The standard InChI is InChI=1S/C12H10FN3O3S/c1-15(5-9-6-20-7-14-9)12(17)10-4-8(13)2-3-11(10)16(18)19/h2-4,6-7H,5H2,1H3. The Bertz CT molecular complexity index is 645. The number of benzene rings is 1. The van der Waals surface area contributed by atoms with Crippen molar-refractivity contribution in [1.29, 1.82) is 0 Å². The summed E-state index contributed by atoms with van der Waals surface area (Å²) in [5.74, 6) is -1.31. The van der Waals surface area contributed by atoms with Crippen LogP contribution in [0.4, 0.5) is 10.1 Å². The molecule has 0 aliphatic rings. The number of rotatable bonds is 4. The second kappa shape index (κ2) is 5.74. The van der Waals surface area contributed by atoms with Crippen LogP contribution < -0.4 is 0 Å². The Morgan fingerprint density at radius 1 is 1.55 bits per heavy atom. The van der Waals surface area contributed by atoms with Gasteiger partial charge in [0.2, 0.25) is 0 Å². The summed E-state index contributed by atoms with van der Waals surface area (Å²) in [5.41, 5.74) is 1.61. The fourth-order valence-corrected chi connectivity index (χ4v) is 2.22. The van der Waals surface area contributed by atoms with Gasteiger partial charge in [0.25, 0.3) is 11.6 Å². The second-order valence-corrected chi connectivity index (χ2v) is 4.78. The Labute approximate surface area is 117 Å². The van der Waals surface area contributed by atoms with Gasteiger partial charge >= 0.3 is 0 Å². The van der Waals surface area contributed by atoms with E-state index in [0.717, 1.165) is 18.2 Å². The van der Waals surface area contributed by atoms with Crippen LogP contribution >= 0.6 is 11.3 Å². The van der Waals surface area contributed by atoms with Crippen LogP contribution in [-0.4, -0.2) is 27.8 Å². The fraction of sp³-hybridized carbons (Fsp3) is 0.167. The van der Waals surface area contributed by atoms with Crippen molar-refractivity contribution in [2.24, 2.45) is 0 Å². The van der Waals surface area contributed by atoms with Gasteiger partial charge in [-0.25, -0.2) is 9.37 Å². The van der Waals surface area contributed by atoms with Crippen molar-refractivity contribution in [2.75, 3.05) is 7.05 Å². The monoisotopic (exact) mass is 295 g/mol. The number of halogens is 1. The molecule has 8 heteroatoms. The molecular weight excluding hydrogens is 285 g/mol. The van der Waals surface area contributed by atoms with Crippen molar-refractivity contribution in [3.63, 3.8) is 0 Å². The maximum Gasteiger partial charge on any atom is 0.282 e. The molecule has 0 atom stereocenters. The minimum Gasteiger partial charge on any atom is -0.336 e. The molecule has 104 valence electrons. The number of thiazole rings is 1. The van der Waals surface area contributed by atoms with E-state index in [2.05, 4.69) is 4.98 Å². The van der Waals surface area contributed by atoms with Crippen LogP contribution in [0.5, 0.6) is 0 Å². The molecule has 0 bridgehead atoms. The molecule has 0 spiro atoms. The number of carbonyl (C=O) groups excluding carboxylic acids is 1. The van der Waals surface area contributed by atoms with Gasteiger partial charge in [-0.15, -0.1) is 11.3 Å². The van der Waals surface area contributed by atoms with Crippen molar-refractivity contribution in [1.82, 2.24) is 9.88 Å². The number of nitro benzene ring substituents is 1. The number of nitro groups is 1. The zero-order valence-corrected chi connectivity index (χ0v) is 11.3. The molecule has 0 saturated carbocycles. The highest BCUT2D eigenvalue weighted by Gasteiger charge is 2.23. The molecule has 1 aromatic heterocycles. The molecule has 0 N–H and O–H groups in total. The van der Waals surface area contributed by atoms with E-state index in [1.165, 1.54) is 23.3 Å². The number of aromatic nitrogens is 1. The lowest BCUT2D eigenvalue weighted by Crippen LogP contribution is -2.27. The Hall–Kier alpha value is -2.35. The number of amides is 1. The summed E-state index contributed by atoms with van der Waals surface area (Å²) in [6.07, 6.45) is 0. The van der Waals surface area contributed by atoms with E-state index in [0.29, 0.717) is 5.69 Å². The molecule has 1 heterocycles. The highest BCUT2D eigenvalue weighted by molar-refractivity contribution is 7.07. The molecule has 0 saturated heterocycles. The molecule has 20 heavy (non-hydrogen) atoms. The first-order valence-electron chi connectivity index (χ1n) is 5.55. The smallest absolute Gasteiger partial charge is 0.282 e. The van der Waals surface area contributed by atoms with Crippen molar-refractivity contribution in [3.8, 4) is 0 Å². The lowest BCUT2D eigenvalue weighted by atomic mass is 10.1. The first-order chi connectivity index (χ1) is 9.49. The first-order valence-corrected chi connectivity index (χ1v) is 6.50. The zero-order chi connectivity index (χ0) is 14.7. The van der Waals surface area contributed by atoms with Gasteiger partial charge in [0.05, 0.1) is 22.7 Å². The van der Waals surface area contributed by atoms with Crippen LogP contribution in [0.25, 0.3) is 0 Å². The molecular formula is C12H10FN3O3S. The van der Waals surface area contributed by atoms with Gasteiger partial charge in [-0.3, -0.25) is 14.9 Å². The molecule has 6 nitrogen and oxygen atoms in total. The van der Waals surface area contributed by atoms with E-state index >= 15 is 0 Å². The van der Waals surface area contributed by atoms with Gasteiger partial charge in [0.15, 0.2) is 0 Å². The van der Waals surface area contributed by atoms with E-state index in [4.69, 9.17) is 0 Å². The van der Waals surface area contributed by atoms with Gasteiger partial charge in [-0.1, -0.05) is 0 Å². The molecule has 0 aliphatic carbocycles. The van der Waals surface area contributed by atoms with Crippen molar-refractivity contribution in [3.05, 3.63) is 56.3 Å². The second-order valence-electron chi connectivity index (χ2n) is 4.06. The average Bonchev–Trinajstić information content (AvgIpc) is 2.90. The molecule has 0 fully saturated rings. The van der Waals surface area contributed by atoms with E-state index in [1.807, 2.05) is 0 Å². The molecule has 0 aliphatic heterocycles. The summed E-state index contributed by atoms with van der Waals surface area (Å²) in [7, 11) is 1.48. The summed E-state index contributed by atoms with van der Waals surface area (Å²) >= 11 is 1.38. The number of hydrogen-bond acceptors (Lipinski definition) is 5. The summed E-state index contributed by atoms with van der Waals surface area (Å²) in [5, 5.41) is 12.6. The van der Waals surface area contributed by atoms with E-state index < -0.39 is 22.3 Å². The largest absolute Gasteiger partial charge is 0.336 e. The van der Waals surface area contributed by atoms with E-state index in [1.54, 1.807) is 10.9 Å². The quantitative estimate of drug-likeness (QED) is 0.641. The molecule has 2 aromatic rings. The van der Waals surface area contributed by atoms with Gasteiger partial charge in [0, 0.05) is 18.5 Å². The molecule has 1 aromatic carbocycles. The third-order valence-electron chi connectivity index (χ3n) is 2.62. The first kappa shape index (κ1) is 14.1. The van der Waals surface area contributed by atoms with Gasteiger partial charge in [-0.2, -0.15) is 0 Å². The summed E-state index contributed by atoms with van der Waals surface area (Å²) in [6, 6.07) is 2.81. The summed E-state index contributed by atoms with van der Waals surface area (Å²) < 4.78 is 13.2. The molecule has 0 unspecified atom stereocenters. The zero-order valence-electron chi connectivity index (χ0n) is 10.4. The van der Waals surface area contributed by atoms with Gasteiger partial charge in [0.1, 0.15) is 11.4 Å². The third kappa shape index (κ3) is 2.97. The van der Waals surface area contributed by atoms with Gasteiger partial charge < -0.3 is 4.90 Å². The Morgan fingerprint density at radius 2 is 2.30 bits per heavy atom. The highest BCUT2D eigenvalue weighted by Crippen LogP contribution is 2.21. The number of hydrogen-bond donors (Lipinski definition) is 0.